The highest BCUT2D eigenvalue weighted by molar-refractivity contribution is 5.93. The molecule has 3 N–H and O–H groups in total. The van der Waals surface area contributed by atoms with Crippen molar-refractivity contribution in [1.82, 2.24) is 10.8 Å². The van der Waals surface area contributed by atoms with E-state index >= 15 is 0 Å². The molecule has 6 nitrogen and oxygen atoms in total. The van der Waals surface area contributed by atoms with Gasteiger partial charge in [0.05, 0.1) is 5.70 Å². The van der Waals surface area contributed by atoms with Gasteiger partial charge in [-0.25, -0.2) is 4.79 Å². The Morgan fingerprint density at radius 1 is 1.08 bits per heavy atom. The van der Waals surface area contributed by atoms with Crippen molar-refractivity contribution in [3.05, 3.63) is 77.9 Å². The lowest BCUT2D eigenvalue weighted by Crippen LogP contribution is -2.47. The molecule has 128 valence electrons. The van der Waals surface area contributed by atoms with Crippen molar-refractivity contribution in [3.8, 4) is 0 Å². The molecule has 0 aromatic heterocycles. The Hall–Kier alpha value is -3.12. The van der Waals surface area contributed by atoms with E-state index in [1.54, 1.807) is 43.3 Å². The number of amides is 1. The van der Waals surface area contributed by atoms with E-state index in [4.69, 9.17) is 4.84 Å². The molecule has 2 aromatic rings. The fourth-order valence-corrected chi connectivity index (χ4v) is 2.57. The first-order valence-electron chi connectivity index (χ1n) is 7.80. The van der Waals surface area contributed by atoms with E-state index in [0.29, 0.717) is 11.3 Å². The summed E-state index contributed by atoms with van der Waals surface area (Å²) in [4.78, 5) is 29.6. The van der Waals surface area contributed by atoms with Crippen LogP contribution in [0.2, 0.25) is 0 Å². The predicted molar refractivity (Wildman–Crippen MR) is 92.0 cm³/mol. The van der Waals surface area contributed by atoms with Gasteiger partial charge in [-0.1, -0.05) is 60.7 Å². The number of carboxylic acid groups (broad SMARTS) is 1. The molecule has 1 heterocycles. The molecule has 0 fully saturated rings. The smallest absolute Gasteiger partial charge is 0.330 e. The van der Waals surface area contributed by atoms with Gasteiger partial charge in [-0.15, -0.1) is 0 Å². The third-order valence-corrected chi connectivity index (χ3v) is 3.98. The van der Waals surface area contributed by atoms with Crippen LogP contribution >= 0.6 is 0 Å². The van der Waals surface area contributed by atoms with Crippen LogP contribution in [0.1, 0.15) is 24.1 Å². The van der Waals surface area contributed by atoms with Gasteiger partial charge in [0.25, 0.3) is 5.91 Å². The zero-order valence-electron chi connectivity index (χ0n) is 13.6. The molecule has 0 saturated heterocycles. The molecule has 2 unspecified atom stereocenters. The number of carbonyl (C=O) groups is 2. The number of hydrogen-bond donors (Lipinski definition) is 3. The average molecular weight is 338 g/mol. The van der Waals surface area contributed by atoms with Crippen molar-refractivity contribution in [2.45, 2.75) is 18.6 Å². The van der Waals surface area contributed by atoms with E-state index in [1.165, 1.54) is 0 Å². The zero-order chi connectivity index (χ0) is 17.9. The summed E-state index contributed by atoms with van der Waals surface area (Å²) in [5.74, 6) is -1.68. The third kappa shape index (κ3) is 3.54. The Morgan fingerprint density at radius 2 is 1.68 bits per heavy atom. The van der Waals surface area contributed by atoms with Gasteiger partial charge < -0.3 is 10.4 Å². The number of rotatable bonds is 5. The predicted octanol–water partition coefficient (Wildman–Crippen LogP) is 2.26. The SMILES string of the molecule is CC1(C(=O)NC(C(=O)O)c2ccccc2)C=C(c2ccccc2)NO1. The van der Waals surface area contributed by atoms with Crippen LogP contribution < -0.4 is 10.8 Å². The van der Waals surface area contributed by atoms with E-state index < -0.39 is 23.5 Å². The van der Waals surface area contributed by atoms with Crippen molar-refractivity contribution < 1.29 is 19.5 Å². The summed E-state index contributed by atoms with van der Waals surface area (Å²) in [5.41, 5.74) is 3.45. The van der Waals surface area contributed by atoms with E-state index in [1.807, 2.05) is 30.3 Å². The molecular formula is C19H18N2O4. The maximum atomic E-state index is 12.6. The van der Waals surface area contributed by atoms with Crippen LogP contribution in [0.3, 0.4) is 0 Å². The molecule has 1 aliphatic rings. The van der Waals surface area contributed by atoms with Gasteiger partial charge in [0.2, 0.25) is 0 Å². The van der Waals surface area contributed by atoms with E-state index in [-0.39, 0.29) is 0 Å². The van der Waals surface area contributed by atoms with E-state index in [9.17, 15) is 14.7 Å². The van der Waals surface area contributed by atoms with Gasteiger partial charge in [-0.2, -0.15) is 0 Å². The first-order chi connectivity index (χ1) is 12.0. The van der Waals surface area contributed by atoms with E-state index in [2.05, 4.69) is 10.8 Å². The van der Waals surface area contributed by atoms with Gasteiger partial charge in [0.1, 0.15) is 0 Å². The number of benzene rings is 2. The Balaban J connectivity index is 1.80. The van der Waals surface area contributed by atoms with Crippen molar-refractivity contribution in [1.29, 1.82) is 0 Å². The topological polar surface area (TPSA) is 87.7 Å². The van der Waals surface area contributed by atoms with Crippen molar-refractivity contribution in [2.24, 2.45) is 0 Å². The number of aliphatic carboxylic acids is 1. The highest BCUT2D eigenvalue weighted by Crippen LogP contribution is 2.27. The fraction of sp³-hybridized carbons (Fsp3) is 0.158. The summed E-state index contributed by atoms with van der Waals surface area (Å²) in [5, 5.41) is 12.0. The number of hydrogen-bond acceptors (Lipinski definition) is 4. The van der Waals surface area contributed by atoms with Gasteiger partial charge >= 0.3 is 5.97 Å². The highest BCUT2D eigenvalue weighted by atomic mass is 16.7. The zero-order valence-corrected chi connectivity index (χ0v) is 13.6. The first kappa shape index (κ1) is 16.7. The molecule has 2 aromatic carbocycles. The number of carbonyl (C=O) groups excluding carboxylic acids is 1. The molecule has 25 heavy (non-hydrogen) atoms. The second kappa shape index (κ2) is 6.78. The second-order valence-corrected chi connectivity index (χ2v) is 5.89. The molecule has 2 atom stereocenters. The lowest BCUT2D eigenvalue weighted by atomic mass is 10.0. The molecule has 1 aliphatic heterocycles. The second-order valence-electron chi connectivity index (χ2n) is 5.89. The lowest BCUT2D eigenvalue weighted by Gasteiger charge is -2.22. The maximum Gasteiger partial charge on any atom is 0.330 e. The Bertz CT molecular complexity index is 805. The number of hydroxylamine groups is 1. The molecule has 0 bridgehead atoms. The molecule has 0 radical (unpaired) electrons. The van der Waals surface area contributed by atoms with E-state index in [0.717, 1.165) is 5.56 Å². The fourth-order valence-electron chi connectivity index (χ4n) is 2.57. The molecule has 3 rings (SSSR count). The van der Waals surface area contributed by atoms with Crippen LogP contribution in [-0.4, -0.2) is 22.6 Å². The lowest BCUT2D eigenvalue weighted by molar-refractivity contribution is -0.148. The normalized spacial score (nSPS) is 20.3. The summed E-state index contributed by atoms with van der Waals surface area (Å²) in [7, 11) is 0. The van der Waals surface area contributed by atoms with Crippen molar-refractivity contribution in [3.63, 3.8) is 0 Å². The summed E-state index contributed by atoms with van der Waals surface area (Å²) in [6.07, 6.45) is 1.64. The molecule has 6 heteroatoms. The van der Waals surface area contributed by atoms with Crippen LogP contribution in [0.4, 0.5) is 0 Å². The van der Waals surface area contributed by atoms with Crippen LogP contribution in [0.25, 0.3) is 5.70 Å². The number of nitrogens with one attached hydrogen (secondary N) is 2. The van der Waals surface area contributed by atoms with Crippen LogP contribution in [0.5, 0.6) is 0 Å². The molecular weight excluding hydrogens is 320 g/mol. The quantitative estimate of drug-likeness (QED) is 0.778. The van der Waals surface area contributed by atoms with Crippen molar-refractivity contribution in [2.75, 3.05) is 0 Å². The largest absolute Gasteiger partial charge is 0.479 e. The summed E-state index contributed by atoms with van der Waals surface area (Å²) in [6.45, 7) is 1.58. The standard InChI is InChI=1S/C19H18N2O4/c1-19(12-15(21-25-19)13-8-4-2-5-9-13)18(24)20-16(17(22)23)14-10-6-3-7-11-14/h2-12,16,21H,1H3,(H,20,24)(H,22,23). The Kier molecular flexibility index (Phi) is 4.54. The van der Waals surface area contributed by atoms with Gasteiger partial charge in [0, 0.05) is 0 Å². The van der Waals surface area contributed by atoms with Gasteiger partial charge in [-0.05, 0) is 24.1 Å². The minimum Gasteiger partial charge on any atom is -0.479 e. The highest BCUT2D eigenvalue weighted by Gasteiger charge is 2.40. The van der Waals surface area contributed by atoms with Crippen molar-refractivity contribution >= 4 is 17.6 Å². The molecule has 0 saturated carbocycles. The van der Waals surface area contributed by atoms with Gasteiger partial charge in [0.15, 0.2) is 11.6 Å². The summed E-state index contributed by atoms with van der Waals surface area (Å²) in [6, 6.07) is 16.8. The Morgan fingerprint density at radius 3 is 2.28 bits per heavy atom. The van der Waals surface area contributed by atoms with Crippen LogP contribution in [0.15, 0.2) is 66.7 Å². The maximum absolute atomic E-state index is 12.6. The Labute approximate surface area is 145 Å². The molecule has 0 aliphatic carbocycles. The van der Waals surface area contributed by atoms with Crippen LogP contribution in [0, 0.1) is 0 Å². The monoisotopic (exact) mass is 338 g/mol. The molecule has 1 amide bonds. The minimum absolute atomic E-state index is 0.491. The van der Waals surface area contributed by atoms with Gasteiger partial charge in [-0.3, -0.25) is 15.1 Å². The summed E-state index contributed by atoms with van der Waals surface area (Å²) < 4.78 is 0. The third-order valence-electron chi connectivity index (χ3n) is 3.98. The first-order valence-corrected chi connectivity index (χ1v) is 7.80. The molecule has 0 spiro atoms. The summed E-state index contributed by atoms with van der Waals surface area (Å²) >= 11 is 0. The minimum atomic E-state index is -1.31. The number of carboxylic acids is 1. The average Bonchev–Trinajstić information content (AvgIpc) is 3.04. The van der Waals surface area contributed by atoms with Crippen LogP contribution in [-0.2, 0) is 14.4 Å².